The standard InChI is InChI=1S/C11H13O7P/c1-8(12)6-9-2-4-10(5-3-9)17-18-19(15,16)7-11(13)14/h2-5H,6-7H2,1H3,(H,13,14)(H,15,16). The SMILES string of the molecule is CC(=O)Cc1ccc(OOP(=O)(O)CC(=O)O)cc1. The summed E-state index contributed by atoms with van der Waals surface area (Å²) < 4.78 is 15.4. The molecule has 1 rings (SSSR count). The van der Waals surface area contributed by atoms with E-state index in [-0.39, 0.29) is 18.0 Å². The van der Waals surface area contributed by atoms with Crippen LogP contribution in [0, 0.1) is 0 Å². The van der Waals surface area contributed by atoms with E-state index in [0.29, 0.717) is 0 Å². The van der Waals surface area contributed by atoms with Crippen molar-refractivity contribution in [2.24, 2.45) is 0 Å². The molecule has 0 spiro atoms. The minimum absolute atomic E-state index is 0.00577. The summed E-state index contributed by atoms with van der Waals surface area (Å²) >= 11 is 0. The van der Waals surface area contributed by atoms with Gasteiger partial charge in [0.05, 0.1) is 0 Å². The fraction of sp³-hybridized carbons (Fsp3) is 0.273. The summed E-state index contributed by atoms with van der Waals surface area (Å²) in [6, 6.07) is 6.08. The molecule has 7 nitrogen and oxygen atoms in total. The molecule has 1 atom stereocenters. The molecule has 0 aliphatic carbocycles. The molecule has 0 saturated heterocycles. The van der Waals surface area contributed by atoms with Crippen molar-refractivity contribution >= 4 is 19.3 Å². The number of Topliss-reactive ketones (excluding diaryl/α,β-unsaturated/α-hetero) is 1. The van der Waals surface area contributed by atoms with Crippen LogP contribution < -0.4 is 4.89 Å². The highest BCUT2D eigenvalue weighted by Crippen LogP contribution is 2.41. The van der Waals surface area contributed by atoms with Gasteiger partial charge in [0.1, 0.15) is 5.78 Å². The van der Waals surface area contributed by atoms with Gasteiger partial charge in [0, 0.05) is 6.42 Å². The molecule has 2 N–H and O–H groups in total. The topological polar surface area (TPSA) is 110 Å². The van der Waals surface area contributed by atoms with Crippen LogP contribution in [0.5, 0.6) is 5.75 Å². The van der Waals surface area contributed by atoms with Gasteiger partial charge in [0.2, 0.25) is 0 Å². The van der Waals surface area contributed by atoms with Crippen LogP contribution in [-0.4, -0.2) is 27.9 Å². The first-order valence-corrected chi connectivity index (χ1v) is 7.03. The van der Waals surface area contributed by atoms with Gasteiger partial charge in [0.15, 0.2) is 11.9 Å². The van der Waals surface area contributed by atoms with Crippen molar-refractivity contribution in [2.75, 3.05) is 6.16 Å². The molecular weight excluding hydrogens is 275 g/mol. The van der Waals surface area contributed by atoms with E-state index >= 15 is 0 Å². The van der Waals surface area contributed by atoms with Crippen LogP contribution in [0.15, 0.2) is 24.3 Å². The molecule has 0 amide bonds. The van der Waals surface area contributed by atoms with E-state index in [4.69, 9.17) is 10.00 Å². The van der Waals surface area contributed by atoms with Crippen molar-refractivity contribution in [3.63, 3.8) is 0 Å². The van der Waals surface area contributed by atoms with E-state index in [1.54, 1.807) is 12.1 Å². The third-order valence-corrected chi connectivity index (χ3v) is 2.94. The van der Waals surface area contributed by atoms with Crippen molar-refractivity contribution in [3.8, 4) is 5.75 Å². The number of hydrogen-bond acceptors (Lipinski definition) is 5. The first kappa shape index (κ1) is 15.4. The summed E-state index contributed by atoms with van der Waals surface area (Å²) in [5.41, 5.74) is 0.762. The van der Waals surface area contributed by atoms with E-state index in [2.05, 4.69) is 9.56 Å². The van der Waals surface area contributed by atoms with E-state index in [0.717, 1.165) is 5.56 Å². The molecule has 0 heterocycles. The molecular formula is C11H13O7P. The van der Waals surface area contributed by atoms with Crippen LogP contribution in [0.2, 0.25) is 0 Å². The third-order valence-electron chi connectivity index (χ3n) is 1.96. The average molecular weight is 288 g/mol. The predicted molar refractivity (Wildman–Crippen MR) is 64.9 cm³/mol. The van der Waals surface area contributed by atoms with Crippen LogP contribution >= 0.6 is 7.60 Å². The van der Waals surface area contributed by atoms with Crippen molar-refractivity contribution in [3.05, 3.63) is 29.8 Å². The van der Waals surface area contributed by atoms with Gasteiger partial charge in [-0.25, -0.2) is 0 Å². The maximum absolute atomic E-state index is 11.2. The van der Waals surface area contributed by atoms with Gasteiger partial charge in [-0.2, -0.15) is 0 Å². The lowest BCUT2D eigenvalue weighted by Crippen LogP contribution is -2.07. The number of benzene rings is 1. The summed E-state index contributed by atoms with van der Waals surface area (Å²) in [5.74, 6) is -1.33. The first-order chi connectivity index (χ1) is 8.78. The quantitative estimate of drug-likeness (QED) is 0.443. The maximum atomic E-state index is 11.2. The number of carbonyl (C=O) groups is 2. The van der Waals surface area contributed by atoms with Gasteiger partial charge in [-0.1, -0.05) is 16.8 Å². The molecule has 104 valence electrons. The minimum Gasteiger partial charge on any atom is -0.481 e. The van der Waals surface area contributed by atoms with Gasteiger partial charge in [-0.05, 0) is 24.6 Å². The Morgan fingerprint density at radius 3 is 2.32 bits per heavy atom. The molecule has 1 unspecified atom stereocenters. The van der Waals surface area contributed by atoms with E-state index in [1.807, 2.05) is 0 Å². The fourth-order valence-electron chi connectivity index (χ4n) is 1.25. The second-order valence-corrected chi connectivity index (χ2v) is 5.61. The highest BCUT2D eigenvalue weighted by atomic mass is 31.2. The Labute approximate surface area is 109 Å². The summed E-state index contributed by atoms with van der Waals surface area (Å²) in [6.07, 6.45) is -0.770. The van der Waals surface area contributed by atoms with Crippen molar-refractivity contribution in [2.45, 2.75) is 13.3 Å². The molecule has 1 aromatic rings. The van der Waals surface area contributed by atoms with E-state index in [1.165, 1.54) is 19.1 Å². The maximum Gasteiger partial charge on any atom is 0.377 e. The molecule has 0 aromatic heterocycles. The van der Waals surface area contributed by atoms with Crippen LogP contribution in [0.25, 0.3) is 0 Å². The van der Waals surface area contributed by atoms with Crippen molar-refractivity contribution < 1.29 is 33.7 Å². The average Bonchev–Trinajstić information content (AvgIpc) is 2.25. The molecule has 1 aromatic carbocycles. The third kappa shape index (κ3) is 6.15. The number of carboxylic acids is 1. The van der Waals surface area contributed by atoms with Gasteiger partial charge in [-0.3, -0.25) is 14.2 Å². The molecule has 19 heavy (non-hydrogen) atoms. The first-order valence-electron chi connectivity index (χ1n) is 5.27. The van der Waals surface area contributed by atoms with Crippen LogP contribution in [-0.2, 0) is 25.2 Å². The molecule has 8 heteroatoms. The summed E-state index contributed by atoms with van der Waals surface area (Å²) in [4.78, 5) is 34.8. The second-order valence-electron chi connectivity index (χ2n) is 3.87. The minimum atomic E-state index is -4.32. The van der Waals surface area contributed by atoms with E-state index < -0.39 is 19.7 Å². The monoisotopic (exact) mass is 288 g/mol. The Morgan fingerprint density at radius 1 is 1.26 bits per heavy atom. The smallest absolute Gasteiger partial charge is 0.377 e. The Balaban J connectivity index is 2.56. The number of aliphatic carboxylic acids is 1. The van der Waals surface area contributed by atoms with Gasteiger partial charge in [-0.15, -0.1) is 0 Å². The Bertz CT molecular complexity index is 508. The highest BCUT2D eigenvalue weighted by molar-refractivity contribution is 7.53. The molecule has 0 aliphatic heterocycles. The summed E-state index contributed by atoms with van der Waals surface area (Å²) in [5, 5.41) is 8.37. The van der Waals surface area contributed by atoms with E-state index in [9.17, 15) is 14.2 Å². The molecule has 0 radical (unpaired) electrons. The summed E-state index contributed by atoms with van der Waals surface area (Å²) in [7, 11) is -4.32. The summed E-state index contributed by atoms with van der Waals surface area (Å²) in [6.45, 7) is 1.46. The lowest BCUT2D eigenvalue weighted by Gasteiger charge is -2.09. The number of ketones is 1. The fourth-order valence-corrected chi connectivity index (χ4v) is 1.85. The number of carboxylic acid groups (broad SMARTS) is 1. The molecule has 0 fully saturated rings. The van der Waals surface area contributed by atoms with Gasteiger partial charge >= 0.3 is 13.6 Å². The Kier molecular flexibility index (Phi) is 5.23. The lowest BCUT2D eigenvalue weighted by molar-refractivity contribution is -0.136. The molecule has 0 saturated carbocycles. The normalized spacial score (nSPS) is 13.6. The molecule has 0 bridgehead atoms. The number of carbonyl (C=O) groups excluding carboxylic acids is 1. The Hall–Kier alpha value is -1.69. The zero-order valence-electron chi connectivity index (χ0n) is 10.1. The van der Waals surface area contributed by atoms with Crippen LogP contribution in [0.3, 0.4) is 0 Å². The largest absolute Gasteiger partial charge is 0.481 e. The Morgan fingerprint density at radius 2 is 1.84 bits per heavy atom. The predicted octanol–water partition coefficient (Wildman–Crippen LogP) is 1.40. The highest BCUT2D eigenvalue weighted by Gasteiger charge is 2.26. The van der Waals surface area contributed by atoms with Gasteiger partial charge < -0.3 is 14.9 Å². The van der Waals surface area contributed by atoms with Crippen LogP contribution in [0.4, 0.5) is 0 Å². The lowest BCUT2D eigenvalue weighted by atomic mass is 10.1. The number of rotatable bonds is 7. The number of hydrogen-bond donors (Lipinski definition) is 2. The zero-order valence-corrected chi connectivity index (χ0v) is 11.0. The second kappa shape index (κ2) is 6.47. The molecule has 0 aliphatic rings. The van der Waals surface area contributed by atoms with Gasteiger partial charge in [0.25, 0.3) is 0 Å². The zero-order chi connectivity index (χ0) is 14.5. The van der Waals surface area contributed by atoms with Crippen LogP contribution in [0.1, 0.15) is 12.5 Å². The van der Waals surface area contributed by atoms with Crippen molar-refractivity contribution in [1.82, 2.24) is 0 Å². The van der Waals surface area contributed by atoms with Crippen molar-refractivity contribution in [1.29, 1.82) is 0 Å².